The van der Waals surface area contributed by atoms with Gasteiger partial charge in [-0.1, -0.05) is 20.8 Å². The van der Waals surface area contributed by atoms with E-state index in [9.17, 15) is 4.79 Å². The number of nitrogens with zero attached hydrogens (tertiary/aromatic N) is 1. The van der Waals surface area contributed by atoms with Crippen LogP contribution in [-0.2, 0) is 4.79 Å². The fourth-order valence-corrected chi connectivity index (χ4v) is 3.04. The summed E-state index contributed by atoms with van der Waals surface area (Å²) >= 11 is 0. The maximum absolute atomic E-state index is 12.5. The highest BCUT2D eigenvalue weighted by Crippen LogP contribution is 2.27. The zero-order chi connectivity index (χ0) is 12.4. The van der Waals surface area contributed by atoms with Gasteiger partial charge in [0.05, 0.1) is 0 Å². The van der Waals surface area contributed by atoms with Gasteiger partial charge in [0.1, 0.15) is 0 Å². The molecule has 0 aromatic carbocycles. The van der Waals surface area contributed by atoms with Gasteiger partial charge in [-0.25, -0.2) is 0 Å². The van der Waals surface area contributed by atoms with Gasteiger partial charge in [-0.05, 0) is 44.2 Å². The van der Waals surface area contributed by atoms with Crippen molar-refractivity contribution in [1.82, 2.24) is 10.2 Å². The van der Waals surface area contributed by atoms with Crippen molar-refractivity contribution in [3.8, 4) is 0 Å². The summed E-state index contributed by atoms with van der Waals surface area (Å²) in [7, 11) is 0. The summed E-state index contributed by atoms with van der Waals surface area (Å²) in [5.74, 6) is 1.88. The molecule has 3 nitrogen and oxygen atoms in total. The number of hydrogen-bond acceptors (Lipinski definition) is 2. The normalized spacial score (nSPS) is 25.8. The van der Waals surface area contributed by atoms with Crippen LogP contribution in [0.2, 0.25) is 0 Å². The molecule has 2 aliphatic rings. The van der Waals surface area contributed by atoms with Crippen LogP contribution in [0, 0.1) is 17.8 Å². The first-order valence-electron chi connectivity index (χ1n) is 7.10. The fourth-order valence-electron chi connectivity index (χ4n) is 3.04. The first kappa shape index (κ1) is 15.8. The minimum atomic E-state index is 0. The van der Waals surface area contributed by atoms with Crippen LogP contribution in [0.3, 0.4) is 0 Å². The fraction of sp³-hybridized carbons (Fsp3) is 0.929. The first-order valence-corrected chi connectivity index (χ1v) is 7.10. The van der Waals surface area contributed by atoms with E-state index in [4.69, 9.17) is 0 Å². The third kappa shape index (κ3) is 3.39. The second kappa shape index (κ2) is 6.76. The van der Waals surface area contributed by atoms with Crippen LogP contribution in [-0.4, -0.2) is 36.5 Å². The molecule has 0 aromatic heterocycles. The van der Waals surface area contributed by atoms with Crippen molar-refractivity contribution >= 4 is 18.3 Å². The molecule has 1 amide bonds. The van der Waals surface area contributed by atoms with Gasteiger partial charge in [-0.3, -0.25) is 4.79 Å². The molecule has 0 aromatic rings. The van der Waals surface area contributed by atoms with Gasteiger partial charge >= 0.3 is 0 Å². The molecule has 18 heavy (non-hydrogen) atoms. The summed E-state index contributed by atoms with van der Waals surface area (Å²) in [5.41, 5.74) is 0. The van der Waals surface area contributed by atoms with E-state index in [1.807, 2.05) is 0 Å². The lowest BCUT2D eigenvalue weighted by Crippen LogP contribution is -2.51. The summed E-state index contributed by atoms with van der Waals surface area (Å²) in [5, 5.41) is 3.26. The summed E-state index contributed by atoms with van der Waals surface area (Å²) in [4.78, 5) is 14.6. The van der Waals surface area contributed by atoms with E-state index in [2.05, 4.69) is 31.0 Å². The predicted octanol–water partition coefficient (Wildman–Crippen LogP) is 2.30. The van der Waals surface area contributed by atoms with E-state index < -0.39 is 0 Å². The molecule has 0 radical (unpaired) electrons. The van der Waals surface area contributed by atoms with Crippen molar-refractivity contribution in [3.63, 3.8) is 0 Å². The topological polar surface area (TPSA) is 32.3 Å². The van der Waals surface area contributed by atoms with Gasteiger partial charge in [-0.2, -0.15) is 0 Å². The Balaban J connectivity index is 0.00000162. The largest absolute Gasteiger partial charge is 0.339 e. The highest BCUT2D eigenvalue weighted by molar-refractivity contribution is 5.85. The minimum absolute atomic E-state index is 0. The zero-order valence-electron chi connectivity index (χ0n) is 11.8. The van der Waals surface area contributed by atoms with Crippen LogP contribution in [0.25, 0.3) is 0 Å². The molecule has 2 unspecified atom stereocenters. The Hall–Kier alpha value is -0.280. The molecule has 2 heterocycles. The number of halogens is 1. The number of rotatable bonds is 4. The minimum Gasteiger partial charge on any atom is -0.339 e. The van der Waals surface area contributed by atoms with Crippen molar-refractivity contribution < 1.29 is 4.79 Å². The second-order valence-corrected chi connectivity index (χ2v) is 6.16. The van der Waals surface area contributed by atoms with E-state index in [-0.39, 0.29) is 18.3 Å². The average Bonchev–Trinajstić information content (AvgIpc) is 2.60. The Labute approximate surface area is 117 Å². The van der Waals surface area contributed by atoms with Crippen LogP contribution in [0.4, 0.5) is 0 Å². The maximum atomic E-state index is 12.5. The van der Waals surface area contributed by atoms with Crippen molar-refractivity contribution in [2.75, 3.05) is 19.6 Å². The highest BCUT2D eigenvalue weighted by atomic mass is 35.5. The molecule has 4 heteroatoms. The molecule has 0 bridgehead atoms. The molecule has 2 fully saturated rings. The van der Waals surface area contributed by atoms with Crippen molar-refractivity contribution in [1.29, 1.82) is 0 Å². The third-order valence-electron chi connectivity index (χ3n) is 4.31. The Kier molecular flexibility index (Phi) is 5.93. The summed E-state index contributed by atoms with van der Waals surface area (Å²) in [6.45, 7) is 9.64. The predicted molar refractivity (Wildman–Crippen MR) is 77.0 cm³/mol. The Morgan fingerprint density at radius 1 is 1.33 bits per heavy atom. The molecule has 0 spiro atoms. The zero-order valence-corrected chi connectivity index (χ0v) is 12.6. The summed E-state index contributed by atoms with van der Waals surface area (Å²) in [6.07, 6.45) is 3.57. The highest BCUT2D eigenvalue weighted by Gasteiger charge is 2.36. The van der Waals surface area contributed by atoms with Crippen LogP contribution in [0.1, 0.15) is 40.0 Å². The van der Waals surface area contributed by atoms with E-state index in [1.165, 1.54) is 19.3 Å². The average molecular weight is 275 g/mol. The molecule has 0 aliphatic carbocycles. The molecule has 106 valence electrons. The van der Waals surface area contributed by atoms with Crippen LogP contribution < -0.4 is 5.32 Å². The van der Waals surface area contributed by atoms with Crippen molar-refractivity contribution in [2.45, 2.75) is 46.1 Å². The monoisotopic (exact) mass is 274 g/mol. The van der Waals surface area contributed by atoms with Gasteiger partial charge in [0.25, 0.3) is 0 Å². The number of carbonyl (C=O) groups excluding carboxylic acids is 1. The first-order chi connectivity index (χ1) is 8.09. The third-order valence-corrected chi connectivity index (χ3v) is 4.31. The lowest BCUT2D eigenvalue weighted by molar-refractivity contribution is -0.138. The molecule has 2 atom stereocenters. The van der Waals surface area contributed by atoms with E-state index in [1.54, 1.807) is 0 Å². The SMILES string of the molecule is CC(C)CC1CCCN1C(=O)C(C)C1CNC1.Cl. The lowest BCUT2D eigenvalue weighted by Gasteiger charge is -2.36. The maximum Gasteiger partial charge on any atom is 0.226 e. The Bertz CT molecular complexity index is 279. The second-order valence-electron chi connectivity index (χ2n) is 6.16. The standard InChI is InChI=1S/C14H26N2O.ClH/c1-10(2)7-13-5-4-6-16(13)14(17)11(3)12-8-15-9-12;/h10-13,15H,4-9H2,1-3H3;1H. The van der Waals surface area contributed by atoms with Crippen molar-refractivity contribution in [2.24, 2.45) is 17.8 Å². The van der Waals surface area contributed by atoms with Crippen LogP contribution in [0.5, 0.6) is 0 Å². The summed E-state index contributed by atoms with van der Waals surface area (Å²) in [6, 6.07) is 0.512. The molecule has 1 N–H and O–H groups in total. The van der Waals surface area contributed by atoms with Gasteiger partial charge < -0.3 is 10.2 Å². The number of likely N-dealkylation sites (tertiary alicyclic amines) is 1. The van der Waals surface area contributed by atoms with Gasteiger partial charge in [0.15, 0.2) is 0 Å². The molecular formula is C14H27ClN2O. The number of hydrogen-bond donors (Lipinski definition) is 1. The smallest absolute Gasteiger partial charge is 0.226 e. The summed E-state index contributed by atoms with van der Waals surface area (Å²) < 4.78 is 0. The molecule has 2 aliphatic heterocycles. The van der Waals surface area contributed by atoms with Crippen molar-refractivity contribution in [3.05, 3.63) is 0 Å². The van der Waals surface area contributed by atoms with Crippen LogP contribution in [0.15, 0.2) is 0 Å². The number of amides is 1. The number of nitrogens with one attached hydrogen (secondary N) is 1. The molecule has 0 saturated carbocycles. The van der Waals surface area contributed by atoms with E-state index >= 15 is 0 Å². The molecule has 2 saturated heterocycles. The quantitative estimate of drug-likeness (QED) is 0.853. The van der Waals surface area contributed by atoms with Gasteiger partial charge in [0.2, 0.25) is 5.91 Å². The van der Waals surface area contributed by atoms with Crippen LogP contribution >= 0.6 is 12.4 Å². The number of carbonyl (C=O) groups is 1. The Morgan fingerprint density at radius 2 is 2.00 bits per heavy atom. The Morgan fingerprint density at radius 3 is 2.50 bits per heavy atom. The van der Waals surface area contributed by atoms with Gasteiger partial charge in [0, 0.05) is 18.5 Å². The van der Waals surface area contributed by atoms with E-state index in [0.29, 0.717) is 23.8 Å². The van der Waals surface area contributed by atoms with E-state index in [0.717, 1.165) is 19.6 Å². The van der Waals surface area contributed by atoms with Gasteiger partial charge in [-0.15, -0.1) is 12.4 Å². The molecular weight excluding hydrogens is 248 g/mol. The molecule has 2 rings (SSSR count). The lowest BCUT2D eigenvalue weighted by atomic mass is 9.87.